The molecule has 0 spiro atoms. The standard InChI is InChI=1S/C17H18F3N3O/c18-17(19,20)10-23-16(21-15(22-23)11-4-1-2-5-11)13-7-3-6-12-8-24-9-14(12)13/h3,6-7,11H,1-2,4-5,8-10H2. The van der Waals surface area contributed by atoms with E-state index in [9.17, 15) is 13.2 Å². The number of alkyl halides is 3. The summed E-state index contributed by atoms with van der Waals surface area (Å²) >= 11 is 0. The Morgan fingerprint density at radius 3 is 2.71 bits per heavy atom. The Hall–Kier alpha value is -1.89. The molecule has 0 amide bonds. The Morgan fingerprint density at radius 2 is 1.96 bits per heavy atom. The van der Waals surface area contributed by atoms with E-state index in [1.807, 2.05) is 18.2 Å². The van der Waals surface area contributed by atoms with Gasteiger partial charge in [-0.15, -0.1) is 0 Å². The lowest BCUT2D eigenvalue weighted by molar-refractivity contribution is -0.142. The van der Waals surface area contributed by atoms with Crippen LogP contribution in [-0.2, 0) is 24.5 Å². The molecule has 1 aromatic heterocycles. The number of fused-ring (bicyclic) bond motifs is 1. The molecule has 1 aliphatic carbocycles. The van der Waals surface area contributed by atoms with Crippen LogP contribution in [0.1, 0.15) is 48.6 Å². The minimum Gasteiger partial charge on any atom is -0.372 e. The molecular formula is C17H18F3N3O. The van der Waals surface area contributed by atoms with Gasteiger partial charge in [-0.1, -0.05) is 31.0 Å². The number of rotatable bonds is 3. The summed E-state index contributed by atoms with van der Waals surface area (Å²) in [5.74, 6) is 1.02. The highest BCUT2D eigenvalue weighted by Gasteiger charge is 2.33. The van der Waals surface area contributed by atoms with Crippen molar-refractivity contribution in [3.05, 3.63) is 35.2 Å². The van der Waals surface area contributed by atoms with E-state index >= 15 is 0 Å². The van der Waals surface area contributed by atoms with Crippen molar-refractivity contribution in [2.45, 2.75) is 57.5 Å². The van der Waals surface area contributed by atoms with Crippen molar-refractivity contribution in [1.82, 2.24) is 14.8 Å². The van der Waals surface area contributed by atoms with Crippen LogP contribution in [-0.4, -0.2) is 20.9 Å². The number of hydrogen-bond acceptors (Lipinski definition) is 3. The lowest BCUT2D eigenvalue weighted by Gasteiger charge is -2.11. The minimum absolute atomic E-state index is 0.172. The zero-order valence-electron chi connectivity index (χ0n) is 13.1. The molecule has 4 nitrogen and oxygen atoms in total. The number of benzene rings is 1. The molecule has 0 unspecified atom stereocenters. The molecule has 0 saturated heterocycles. The Labute approximate surface area is 137 Å². The second-order valence-electron chi connectivity index (χ2n) is 6.48. The predicted molar refractivity (Wildman–Crippen MR) is 81.2 cm³/mol. The van der Waals surface area contributed by atoms with Crippen molar-refractivity contribution in [2.75, 3.05) is 0 Å². The first-order valence-corrected chi connectivity index (χ1v) is 8.21. The second kappa shape index (κ2) is 5.88. The van der Waals surface area contributed by atoms with Crippen LogP contribution in [0.25, 0.3) is 11.4 Å². The van der Waals surface area contributed by atoms with Crippen LogP contribution in [0.5, 0.6) is 0 Å². The van der Waals surface area contributed by atoms with E-state index in [1.54, 1.807) is 0 Å². The fourth-order valence-corrected chi connectivity index (χ4v) is 3.61. The first-order chi connectivity index (χ1) is 11.5. The molecule has 0 N–H and O–H groups in total. The number of nitrogens with zero attached hydrogens (tertiary/aromatic N) is 3. The minimum atomic E-state index is -4.33. The summed E-state index contributed by atoms with van der Waals surface area (Å²) in [6.45, 7) is -0.220. The summed E-state index contributed by atoms with van der Waals surface area (Å²) < 4.78 is 45.4. The van der Waals surface area contributed by atoms with E-state index in [0.717, 1.165) is 41.5 Å². The highest BCUT2D eigenvalue weighted by Crippen LogP contribution is 2.36. The average molecular weight is 337 g/mol. The molecule has 1 saturated carbocycles. The summed E-state index contributed by atoms with van der Waals surface area (Å²) in [5, 5.41) is 4.22. The van der Waals surface area contributed by atoms with Gasteiger partial charge in [0.05, 0.1) is 13.2 Å². The second-order valence-corrected chi connectivity index (χ2v) is 6.48. The van der Waals surface area contributed by atoms with Crippen molar-refractivity contribution in [3.63, 3.8) is 0 Å². The van der Waals surface area contributed by atoms with E-state index in [-0.39, 0.29) is 5.92 Å². The van der Waals surface area contributed by atoms with Gasteiger partial charge in [-0.05, 0) is 24.0 Å². The Morgan fingerprint density at radius 1 is 1.17 bits per heavy atom. The SMILES string of the molecule is FC(F)(F)Cn1nc(C2CCCC2)nc1-c1cccc2c1COC2. The third-order valence-electron chi connectivity index (χ3n) is 4.76. The number of halogens is 3. The van der Waals surface area contributed by atoms with Crippen molar-refractivity contribution in [2.24, 2.45) is 0 Å². The van der Waals surface area contributed by atoms with Gasteiger partial charge in [0.2, 0.25) is 0 Å². The molecule has 0 bridgehead atoms. The molecule has 0 atom stereocenters. The zero-order chi connectivity index (χ0) is 16.7. The smallest absolute Gasteiger partial charge is 0.372 e. The van der Waals surface area contributed by atoms with E-state index in [1.165, 1.54) is 0 Å². The average Bonchev–Trinajstić information content (AvgIpc) is 3.25. The molecular weight excluding hydrogens is 319 g/mol. The largest absolute Gasteiger partial charge is 0.408 e. The fourth-order valence-electron chi connectivity index (χ4n) is 3.61. The first kappa shape index (κ1) is 15.6. The zero-order valence-corrected chi connectivity index (χ0v) is 13.1. The molecule has 2 aromatic rings. The van der Waals surface area contributed by atoms with Gasteiger partial charge in [-0.3, -0.25) is 0 Å². The van der Waals surface area contributed by atoms with Crippen LogP contribution in [0.3, 0.4) is 0 Å². The normalized spacial score (nSPS) is 18.3. The maximum absolute atomic E-state index is 13.0. The van der Waals surface area contributed by atoms with Gasteiger partial charge in [0, 0.05) is 11.5 Å². The summed E-state index contributed by atoms with van der Waals surface area (Å²) in [5.41, 5.74) is 2.63. The summed E-state index contributed by atoms with van der Waals surface area (Å²) in [4.78, 5) is 4.52. The molecule has 128 valence electrons. The highest BCUT2D eigenvalue weighted by atomic mass is 19.4. The molecule has 24 heavy (non-hydrogen) atoms. The van der Waals surface area contributed by atoms with E-state index in [2.05, 4.69) is 10.1 Å². The van der Waals surface area contributed by atoms with Gasteiger partial charge in [-0.2, -0.15) is 18.3 Å². The van der Waals surface area contributed by atoms with Gasteiger partial charge >= 0.3 is 6.18 Å². The monoisotopic (exact) mass is 337 g/mol. The molecule has 0 radical (unpaired) electrons. The molecule has 2 aliphatic rings. The van der Waals surface area contributed by atoms with Crippen molar-refractivity contribution < 1.29 is 17.9 Å². The predicted octanol–water partition coefficient (Wildman–Crippen LogP) is 4.20. The third-order valence-corrected chi connectivity index (χ3v) is 4.76. The van der Waals surface area contributed by atoms with Gasteiger partial charge < -0.3 is 4.74 Å². The number of aromatic nitrogens is 3. The van der Waals surface area contributed by atoms with E-state index < -0.39 is 12.7 Å². The van der Waals surface area contributed by atoms with Crippen LogP contribution < -0.4 is 0 Å². The van der Waals surface area contributed by atoms with Gasteiger partial charge in [-0.25, -0.2) is 9.67 Å². The molecule has 2 heterocycles. The molecule has 1 fully saturated rings. The Kier molecular flexibility index (Phi) is 3.83. The summed E-state index contributed by atoms with van der Waals surface area (Å²) in [6, 6.07) is 5.59. The van der Waals surface area contributed by atoms with Gasteiger partial charge in [0.1, 0.15) is 6.54 Å². The van der Waals surface area contributed by atoms with Crippen LogP contribution in [0, 0.1) is 0 Å². The summed E-state index contributed by atoms with van der Waals surface area (Å²) in [6.07, 6.45) is -0.258. The maximum atomic E-state index is 13.0. The topological polar surface area (TPSA) is 39.9 Å². The van der Waals surface area contributed by atoms with Crippen LogP contribution >= 0.6 is 0 Å². The number of ether oxygens (including phenoxy) is 1. The molecule has 1 aromatic carbocycles. The van der Waals surface area contributed by atoms with Gasteiger partial charge in [0.15, 0.2) is 11.6 Å². The van der Waals surface area contributed by atoms with E-state index in [4.69, 9.17) is 4.74 Å². The fraction of sp³-hybridized carbons (Fsp3) is 0.529. The van der Waals surface area contributed by atoms with Crippen LogP contribution in [0.15, 0.2) is 18.2 Å². The molecule has 4 rings (SSSR count). The maximum Gasteiger partial charge on any atom is 0.408 e. The Balaban J connectivity index is 1.79. The quantitative estimate of drug-likeness (QED) is 0.843. The highest BCUT2D eigenvalue weighted by molar-refractivity contribution is 5.63. The van der Waals surface area contributed by atoms with Crippen LogP contribution in [0.2, 0.25) is 0 Å². The number of hydrogen-bond donors (Lipinski definition) is 0. The van der Waals surface area contributed by atoms with Crippen LogP contribution in [0.4, 0.5) is 13.2 Å². The third kappa shape index (κ3) is 2.92. The van der Waals surface area contributed by atoms with E-state index in [0.29, 0.717) is 30.4 Å². The first-order valence-electron chi connectivity index (χ1n) is 8.21. The lowest BCUT2D eigenvalue weighted by atomic mass is 10.0. The molecule has 1 aliphatic heterocycles. The summed E-state index contributed by atoms with van der Waals surface area (Å²) in [7, 11) is 0. The lowest BCUT2D eigenvalue weighted by Crippen LogP contribution is -2.20. The van der Waals surface area contributed by atoms with Crippen molar-refractivity contribution >= 4 is 0 Å². The van der Waals surface area contributed by atoms with Crippen molar-refractivity contribution in [1.29, 1.82) is 0 Å². The Bertz CT molecular complexity index is 748. The van der Waals surface area contributed by atoms with Gasteiger partial charge in [0.25, 0.3) is 0 Å². The van der Waals surface area contributed by atoms with Crippen molar-refractivity contribution in [3.8, 4) is 11.4 Å². The molecule has 7 heteroatoms.